The number of amides is 2. The molecule has 5 heteroatoms. The van der Waals surface area contributed by atoms with Crippen molar-refractivity contribution in [3.8, 4) is 5.75 Å². The van der Waals surface area contributed by atoms with Crippen LogP contribution in [-0.4, -0.2) is 54.4 Å². The van der Waals surface area contributed by atoms with Crippen LogP contribution < -0.4 is 4.74 Å². The quantitative estimate of drug-likeness (QED) is 0.719. The number of benzene rings is 1. The zero-order valence-corrected chi connectivity index (χ0v) is 16.5. The van der Waals surface area contributed by atoms with Gasteiger partial charge in [-0.2, -0.15) is 0 Å². The lowest BCUT2D eigenvalue weighted by atomic mass is 9.88. The second-order valence-electron chi connectivity index (χ2n) is 7.76. The standard InChI is InChI=1S/C22H32N2O3/c1-18-8-5-6-11-20(18)27-17-7-12-21(25)23-13-15-24(16-14-23)22(26)19-9-3-2-4-10-19/h5-6,8,11,19H,2-4,7,9-10,12-17H2,1H3. The third-order valence-corrected chi connectivity index (χ3v) is 5.78. The number of aryl methyl sites for hydroxylation is 1. The number of rotatable bonds is 6. The minimum atomic E-state index is 0.174. The molecule has 1 aliphatic carbocycles. The highest BCUT2D eigenvalue weighted by Gasteiger charge is 2.29. The first-order valence-electron chi connectivity index (χ1n) is 10.4. The van der Waals surface area contributed by atoms with E-state index in [4.69, 9.17) is 4.74 Å². The van der Waals surface area contributed by atoms with Gasteiger partial charge in [0.25, 0.3) is 0 Å². The van der Waals surface area contributed by atoms with Crippen molar-refractivity contribution >= 4 is 11.8 Å². The minimum absolute atomic E-state index is 0.174. The normalized spacial score (nSPS) is 18.4. The van der Waals surface area contributed by atoms with Crippen molar-refractivity contribution in [2.24, 2.45) is 5.92 Å². The highest BCUT2D eigenvalue weighted by molar-refractivity contribution is 5.80. The zero-order valence-electron chi connectivity index (χ0n) is 16.5. The topological polar surface area (TPSA) is 49.9 Å². The molecule has 0 bridgehead atoms. The van der Waals surface area contributed by atoms with E-state index in [1.165, 1.54) is 19.3 Å². The first-order chi connectivity index (χ1) is 13.1. The van der Waals surface area contributed by atoms with E-state index in [0.717, 1.165) is 24.2 Å². The van der Waals surface area contributed by atoms with Crippen LogP contribution in [0.3, 0.4) is 0 Å². The highest BCUT2D eigenvalue weighted by Crippen LogP contribution is 2.26. The minimum Gasteiger partial charge on any atom is -0.493 e. The summed E-state index contributed by atoms with van der Waals surface area (Å²) in [5.74, 6) is 1.60. The second-order valence-corrected chi connectivity index (χ2v) is 7.76. The molecule has 0 unspecified atom stereocenters. The summed E-state index contributed by atoms with van der Waals surface area (Å²) in [5, 5.41) is 0. The Labute approximate surface area is 162 Å². The fourth-order valence-electron chi connectivity index (χ4n) is 4.07. The van der Waals surface area contributed by atoms with Gasteiger partial charge in [-0.05, 0) is 37.8 Å². The maximum absolute atomic E-state index is 12.6. The van der Waals surface area contributed by atoms with E-state index in [1.807, 2.05) is 41.0 Å². The van der Waals surface area contributed by atoms with Crippen LogP contribution in [0.5, 0.6) is 5.75 Å². The molecule has 3 rings (SSSR count). The van der Waals surface area contributed by atoms with Crippen molar-refractivity contribution < 1.29 is 14.3 Å². The number of carbonyl (C=O) groups excluding carboxylic acids is 2. The van der Waals surface area contributed by atoms with Gasteiger partial charge in [-0.25, -0.2) is 0 Å². The lowest BCUT2D eigenvalue weighted by Crippen LogP contribution is -2.52. The molecule has 1 saturated heterocycles. The van der Waals surface area contributed by atoms with E-state index in [2.05, 4.69) is 0 Å². The van der Waals surface area contributed by atoms with Crippen molar-refractivity contribution in [1.82, 2.24) is 9.80 Å². The van der Waals surface area contributed by atoms with Crippen LogP contribution in [0.15, 0.2) is 24.3 Å². The van der Waals surface area contributed by atoms with Crippen molar-refractivity contribution in [2.75, 3.05) is 32.8 Å². The summed E-state index contributed by atoms with van der Waals surface area (Å²) in [6, 6.07) is 7.93. The van der Waals surface area contributed by atoms with Crippen molar-refractivity contribution in [3.05, 3.63) is 29.8 Å². The smallest absolute Gasteiger partial charge is 0.225 e. The predicted molar refractivity (Wildman–Crippen MR) is 106 cm³/mol. The maximum atomic E-state index is 12.6. The summed E-state index contributed by atoms with van der Waals surface area (Å²) in [6.07, 6.45) is 6.92. The van der Waals surface area contributed by atoms with Gasteiger partial charge in [-0.1, -0.05) is 37.5 Å². The van der Waals surface area contributed by atoms with Gasteiger partial charge in [0.05, 0.1) is 6.61 Å². The van der Waals surface area contributed by atoms with Gasteiger partial charge >= 0.3 is 0 Å². The summed E-state index contributed by atoms with van der Waals surface area (Å²) in [5.41, 5.74) is 1.11. The van der Waals surface area contributed by atoms with Crippen LogP contribution in [0.1, 0.15) is 50.5 Å². The van der Waals surface area contributed by atoms with E-state index in [1.54, 1.807) is 0 Å². The summed E-state index contributed by atoms with van der Waals surface area (Å²) in [4.78, 5) is 28.9. The molecule has 1 heterocycles. The maximum Gasteiger partial charge on any atom is 0.225 e. The zero-order chi connectivity index (χ0) is 19.1. The molecule has 1 aliphatic heterocycles. The van der Waals surface area contributed by atoms with E-state index in [-0.39, 0.29) is 11.8 Å². The molecule has 0 spiro atoms. The molecule has 2 amide bonds. The summed E-state index contributed by atoms with van der Waals surface area (Å²) < 4.78 is 5.77. The summed E-state index contributed by atoms with van der Waals surface area (Å²) in [7, 11) is 0. The Hall–Kier alpha value is -2.04. The number of hydrogen-bond acceptors (Lipinski definition) is 3. The fraction of sp³-hybridized carbons (Fsp3) is 0.636. The molecule has 1 aromatic rings. The van der Waals surface area contributed by atoms with Crippen molar-refractivity contribution in [1.29, 1.82) is 0 Å². The molecule has 27 heavy (non-hydrogen) atoms. The average Bonchev–Trinajstić information content (AvgIpc) is 2.72. The molecule has 2 fully saturated rings. The second kappa shape index (κ2) is 9.77. The van der Waals surface area contributed by atoms with Gasteiger partial charge in [-0.3, -0.25) is 9.59 Å². The van der Waals surface area contributed by atoms with Crippen molar-refractivity contribution in [3.63, 3.8) is 0 Å². The van der Waals surface area contributed by atoms with Crippen molar-refractivity contribution in [2.45, 2.75) is 51.9 Å². The number of ether oxygens (including phenoxy) is 1. The largest absolute Gasteiger partial charge is 0.493 e. The van der Waals surface area contributed by atoms with Gasteiger partial charge in [0.1, 0.15) is 5.75 Å². The van der Waals surface area contributed by atoms with Gasteiger partial charge in [0.2, 0.25) is 11.8 Å². The van der Waals surface area contributed by atoms with E-state index in [0.29, 0.717) is 51.5 Å². The monoisotopic (exact) mass is 372 g/mol. The summed E-state index contributed by atoms with van der Waals surface area (Å²) in [6.45, 7) is 5.26. The van der Waals surface area contributed by atoms with Crippen LogP contribution >= 0.6 is 0 Å². The molecule has 148 valence electrons. The Morgan fingerprint density at radius 2 is 1.67 bits per heavy atom. The number of piperazine rings is 1. The molecular formula is C22H32N2O3. The molecule has 5 nitrogen and oxygen atoms in total. The van der Waals surface area contributed by atoms with Crippen LogP contribution in [0.2, 0.25) is 0 Å². The molecule has 2 aliphatic rings. The van der Waals surface area contributed by atoms with E-state index >= 15 is 0 Å². The van der Waals surface area contributed by atoms with Gasteiger partial charge < -0.3 is 14.5 Å². The van der Waals surface area contributed by atoms with Crippen LogP contribution in [-0.2, 0) is 9.59 Å². The van der Waals surface area contributed by atoms with Gasteiger partial charge in [-0.15, -0.1) is 0 Å². The fourth-order valence-corrected chi connectivity index (χ4v) is 4.07. The molecular weight excluding hydrogens is 340 g/mol. The average molecular weight is 373 g/mol. The Morgan fingerprint density at radius 3 is 2.37 bits per heavy atom. The Bertz CT molecular complexity index is 632. The lowest BCUT2D eigenvalue weighted by molar-refractivity contribution is -0.142. The molecule has 1 saturated carbocycles. The first kappa shape index (κ1) is 19.7. The molecule has 0 atom stereocenters. The third kappa shape index (κ3) is 5.47. The Balaban J connectivity index is 1.34. The number of hydrogen-bond donors (Lipinski definition) is 0. The Kier molecular flexibility index (Phi) is 7.13. The van der Waals surface area contributed by atoms with Crippen LogP contribution in [0, 0.1) is 12.8 Å². The van der Waals surface area contributed by atoms with Gasteiger partial charge in [0, 0.05) is 38.5 Å². The van der Waals surface area contributed by atoms with Crippen LogP contribution in [0.25, 0.3) is 0 Å². The van der Waals surface area contributed by atoms with E-state index < -0.39 is 0 Å². The van der Waals surface area contributed by atoms with Crippen LogP contribution in [0.4, 0.5) is 0 Å². The third-order valence-electron chi connectivity index (χ3n) is 5.78. The predicted octanol–water partition coefficient (Wildman–Crippen LogP) is 3.41. The first-order valence-corrected chi connectivity index (χ1v) is 10.4. The molecule has 0 aromatic heterocycles. The highest BCUT2D eigenvalue weighted by atomic mass is 16.5. The number of para-hydroxylation sites is 1. The molecule has 0 N–H and O–H groups in total. The van der Waals surface area contributed by atoms with Gasteiger partial charge in [0.15, 0.2) is 0 Å². The molecule has 0 radical (unpaired) electrons. The SMILES string of the molecule is Cc1ccccc1OCCCC(=O)N1CCN(C(=O)C2CCCCC2)CC1. The Morgan fingerprint density at radius 1 is 1.00 bits per heavy atom. The summed E-state index contributed by atoms with van der Waals surface area (Å²) >= 11 is 0. The lowest BCUT2D eigenvalue weighted by Gasteiger charge is -2.37. The molecule has 1 aromatic carbocycles. The van der Waals surface area contributed by atoms with E-state index in [9.17, 15) is 9.59 Å². The number of nitrogens with zero attached hydrogens (tertiary/aromatic N) is 2. The number of carbonyl (C=O) groups is 2.